The second-order valence-electron chi connectivity index (χ2n) is 10.4. The minimum Gasteiger partial charge on any atom is -0.272 e. The summed E-state index contributed by atoms with van der Waals surface area (Å²) in [6.07, 6.45) is 0. The van der Waals surface area contributed by atoms with Crippen molar-refractivity contribution in [1.82, 2.24) is 10.0 Å². The number of amides is 3. The third-order valence-corrected chi connectivity index (χ3v) is 9.30. The minimum absolute atomic E-state index is 0.0511. The van der Waals surface area contributed by atoms with Crippen molar-refractivity contribution in [2.75, 3.05) is 0 Å². The second kappa shape index (κ2) is 9.48. The Kier molecular flexibility index (Phi) is 6.00. The number of hydrogen-bond donors (Lipinski definition) is 0. The topological polar surface area (TPSA) is 57.7 Å². The van der Waals surface area contributed by atoms with E-state index in [1.165, 1.54) is 5.01 Å². The predicted molar refractivity (Wildman–Crippen MR) is 153 cm³/mol. The van der Waals surface area contributed by atoms with Gasteiger partial charge in [0.2, 0.25) is 0 Å². The number of nitrogens with zero attached hydrogens (tertiary/aromatic N) is 2. The molecular formula is C32H21Cl3N2O3. The molecular weight excluding hydrogens is 567 g/mol. The zero-order chi connectivity index (χ0) is 27.7. The maximum atomic E-state index is 14.3. The number of hydrogen-bond acceptors (Lipinski definition) is 3. The highest BCUT2D eigenvalue weighted by Gasteiger charge is 2.63. The summed E-state index contributed by atoms with van der Waals surface area (Å²) < 4.78 is 0. The van der Waals surface area contributed by atoms with Crippen LogP contribution >= 0.6 is 34.8 Å². The summed E-state index contributed by atoms with van der Waals surface area (Å²) in [5.41, 5.74) is 5.19. The van der Waals surface area contributed by atoms with Crippen molar-refractivity contribution in [3.8, 4) is 0 Å². The Labute approximate surface area is 245 Å². The summed E-state index contributed by atoms with van der Waals surface area (Å²) in [4.78, 5) is 42.7. The molecule has 2 bridgehead atoms. The van der Waals surface area contributed by atoms with E-state index >= 15 is 0 Å². The zero-order valence-electron chi connectivity index (χ0n) is 20.9. The quantitative estimate of drug-likeness (QED) is 0.239. The molecule has 3 aliphatic carbocycles. The number of rotatable bonds is 4. The molecule has 0 N–H and O–H groups in total. The molecule has 0 radical (unpaired) electrons. The van der Waals surface area contributed by atoms with Crippen LogP contribution in [0.1, 0.15) is 50.0 Å². The highest BCUT2D eigenvalue weighted by atomic mass is 35.5. The standard InChI is InChI=1S/C32H21Cl3N2O3/c33-19-12-10-18(11-13-19)30(38)36(16-17-9-14-24(34)25(35)15-17)37-31(39)28-26-20-5-1-2-6-21(20)27(29(28)32(37)40)23-8-4-3-7-22(23)26/h1-15,26-29H,16H2/t26?,27?,28-,29-/m0/s1. The monoisotopic (exact) mass is 586 g/mol. The van der Waals surface area contributed by atoms with E-state index in [0.29, 0.717) is 26.2 Å². The fourth-order valence-electron chi connectivity index (χ4n) is 6.69. The fraction of sp³-hybridized carbons (Fsp3) is 0.156. The summed E-state index contributed by atoms with van der Waals surface area (Å²) in [5.74, 6) is -3.03. The molecule has 8 heteroatoms. The zero-order valence-corrected chi connectivity index (χ0v) is 23.2. The summed E-state index contributed by atoms with van der Waals surface area (Å²) in [5, 5.41) is 3.47. The van der Waals surface area contributed by atoms with Crippen LogP contribution in [-0.4, -0.2) is 27.7 Å². The van der Waals surface area contributed by atoms with E-state index in [1.807, 2.05) is 48.5 Å². The van der Waals surface area contributed by atoms with Crippen LogP contribution < -0.4 is 0 Å². The summed E-state index contributed by atoms with van der Waals surface area (Å²) in [6, 6.07) is 27.4. The van der Waals surface area contributed by atoms with Gasteiger partial charge in [-0.25, -0.2) is 5.01 Å². The molecule has 1 aliphatic heterocycles. The fourth-order valence-corrected chi connectivity index (χ4v) is 7.13. The average molecular weight is 588 g/mol. The van der Waals surface area contributed by atoms with Gasteiger partial charge >= 0.3 is 0 Å². The Morgan fingerprint density at radius 2 is 1.18 bits per heavy atom. The molecule has 0 spiro atoms. The van der Waals surface area contributed by atoms with Gasteiger partial charge in [-0.05, 0) is 64.2 Å². The van der Waals surface area contributed by atoms with Crippen LogP contribution in [0.3, 0.4) is 0 Å². The number of carbonyl (C=O) groups excluding carboxylic acids is 3. The normalized spacial score (nSPS) is 22.1. The SMILES string of the molecule is O=C(c1ccc(Cl)cc1)N(Cc1ccc(Cl)c(Cl)c1)N1C(=O)[C@H]2C3c4ccccc4C(c4ccccc43)[C@@H]2C1=O. The van der Waals surface area contributed by atoms with Gasteiger partial charge in [0.05, 0.1) is 28.4 Å². The second-order valence-corrected chi connectivity index (χ2v) is 11.6. The van der Waals surface area contributed by atoms with Gasteiger partial charge in [0.15, 0.2) is 0 Å². The van der Waals surface area contributed by atoms with Crippen molar-refractivity contribution in [3.05, 3.63) is 139 Å². The first-order valence-electron chi connectivity index (χ1n) is 12.9. The Bertz CT molecular complexity index is 1610. The molecule has 1 saturated heterocycles. The molecule has 2 atom stereocenters. The Morgan fingerprint density at radius 3 is 1.65 bits per heavy atom. The molecule has 1 fully saturated rings. The van der Waals surface area contributed by atoms with Crippen molar-refractivity contribution < 1.29 is 14.4 Å². The Hall–Kier alpha value is -3.64. The number of halogens is 3. The minimum atomic E-state index is -0.614. The molecule has 40 heavy (non-hydrogen) atoms. The van der Waals surface area contributed by atoms with Gasteiger partial charge in [-0.2, -0.15) is 5.01 Å². The van der Waals surface area contributed by atoms with Gasteiger partial charge in [0.25, 0.3) is 17.7 Å². The number of carbonyl (C=O) groups is 3. The summed E-state index contributed by atoms with van der Waals surface area (Å²) in [6.45, 7) is -0.0511. The summed E-state index contributed by atoms with van der Waals surface area (Å²) >= 11 is 18.5. The molecule has 0 unspecified atom stereocenters. The maximum absolute atomic E-state index is 14.3. The maximum Gasteiger partial charge on any atom is 0.273 e. The van der Waals surface area contributed by atoms with E-state index in [1.54, 1.807) is 42.5 Å². The van der Waals surface area contributed by atoms with Gasteiger partial charge in [-0.3, -0.25) is 14.4 Å². The lowest BCUT2D eigenvalue weighted by Crippen LogP contribution is -2.50. The number of hydrazine groups is 1. The molecule has 5 nitrogen and oxygen atoms in total. The molecule has 4 aromatic rings. The molecule has 0 saturated carbocycles. The van der Waals surface area contributed by atoms with Crippen LogP contribution in [0.15, 0.2) is 91.0 Å². The van der Waals surface area contributed by atoms with Crippen molar-refractivity contribution in [2.45, 2.75) is 18.4 Å². The van der Waals surface area contributed by atoms with E-state index in [-0.39, 0.29) is 30.2 Å². The number of imide groups is 1. The molecule has 3 amide bonds. The molecule has 8 rings (SSSR count). The smallest absolute Gasteiger partial charge is 0.272 e. The van der Waals surface area contributed by atoms with Crippen LogP contribution in [0.4, 0.5) is 0 Å². The third-order valence-electron chi connectivity index (χ3n) is 8.31. The highest BCUT2D eigenvalue weighted by molar-refractivity contribution is 6.42. The van der Waals surface area contributed by atoms with Crippen molar-refractivity contribution >= 4 is 52.5 Å². The molecule has 0 aromatic heterocycles. The van der Waals surface area contributed by atoms with Crippen molar-refractivity contribution in [3.63, 3.8) is 0 Å². The first-order chi connectivity index (χ1) is 19.3. The first-order valence-corrected chi connectivity index (χ1v) is 14.0. The lowest BCUT2D eigenvalue weighted by Gasteiger charge is -2.45. The molecule has 198 valence electrons. The van der Waals surface area contributed by atoms with Gasteiger partial charge in [0.1, 0.15) is 0 Å². The van der Waals surface area contributed by atoms with Crippen molar-refractivity contribution in [2.24, 2.45) is 11.8 Å². The van der Waals surface area contributed by atoms with Crippen LogP contribution in [-0.2, 0) is 16.1 Å². The molecule has 4 aromatic carbocycles. The largest absolute Gasteiger partial charge is 0.273 e. The van der Waals surface area contributed by atoms with E-state index in [0.717, 1.165) is 27.3 Å². The van der Waals surface area contributed by atoms with E-state index in [9.17, 15) is 14.4 Å². The van der Waals surface area contributed by atoms with Crippen molar-refractivity contribution in [1.29, 1.82) is 0 Å². The van der Waals surface area contributed by atoms with E-state index < -0.39 is 17.7 Å². The van der Waals surface area contributed by atoms with Gasteiger partial charge in [-0.15, -0.1) is 0 Å². The van der Waals surface area contributed by atoms with E-state index in [4.69, 9.17) is 34.8 Å². The summed E-state index contributed by atoms with van der Waals surface area (Å²) in [7, 11) is 0. The van der Waals surface area contributed by atoms with Crippen LogP contribution in [0.2, 0.25) is 15.1 Å². The van der Waals surface area contributed by atoms with Crippen LogP contribution in [0.5, 0.6) is 0 Å². The van der Waals surface area contributed by atoms with Gasteiger partial charge in [-0.1, -0.05) is 89.4 Å². The molecule has 4 aliphatic rings. The third kappa shape index (κ3) is 3.72. The van der Waals surface area contributed by atoms with Gasteiger partial charge in [0, 0.05) is 22.4 Å². The van der Waals surface area contributed by atoms with Crippen LogP contribution in [0, 0.1) is 11.8 Å². The average Bonchev–Trinajstić information content (AvgIpc) is 3.23. The van der Waals surface area contributed by atoms with Gasteiger partial charge < -0.3 is 0 Å². The lowest BCUT2D eigenvalue weighted by atomic mass is 9.55. The Balaban J connectivity index is 1.35. The van der Waals surface area contributed by atoms with E-state index in [2.05, 4.69) is 0 Å². The Morgan fingerprint density at radius 1 is 0.675 bits per heavy atom. The first kappa shape index (κ1) is 25.3. The molecule has 1 heterocycles. The number of benzene rings is 4. The highest BCUT2D eigenvalue weighted by Crippen LogP contribution is 2.61. The lowest BCUT2D eigenvalue weighted by molar-refractivity contribution is -0.155. The van der Waals surface area contributed by atoms with Crippen LogP contribution in [0.25, 0.3) is 0 Å². The predicted octanol–water partition coefficient (Wildman–Crippen LogP) is 7.10.